The van der Waals surface area contributed by atoms with Gasteiger partial charge in [0, 0.05) is 29.6 Å². The van der Waals surface area contributed by atoms with Crippen molar-refractivity contribution >= 4 is 16.8 Å². The fraction of sp³-hybridized carbons (Fsp3) is 0.375. The van der Waals surface area contributed by atoms with Crippen molar-refractivity contribution in [1.29, 1.82) is 0 Å². The van der Waals surface area contributed by atoms with Crippen LogP contribution in [0, 0.1) is 11.6 Å². The standard InChI is InChI=1S/C24H27F2N3O/c25-18-6-4-17(5-7-18)24-20(21-16-19(26)8-10-22(21)28-24)9-11-23(30)27-12-3-15-29-13-1-2-14-29/h4-8,10,16,28H,1-3,9,11-15H2,(H,27,30). The van der Waals surface area contributed by atoms with Gasteiger partial charge in [-0.05, 0) is 98.9 Å². The summed E-state index contributed by atoms with van der Waals surface area (Å²) >= 11 is 0. The van der Waals surface area contributed by atoms with Crippen LogP contribution in [0.15, 0.2) is 42.5 Å². The van der Waals surface area contributed by atoms with Gasteiger partial charge < -0.3 is 15.2 Å². The number of aromatic amines is 1. The summed E-state index contributed by atoms with van der Waals surface area (Å²) < 4.78 is 27.2. The van der Waals surface area contributed by atoms with Crippen molar-refractivity contribution in [2.75, 3.05) is 26.2 Å². The van der Waals surface area contributed by atoms with Crippen LogP contribution in [-0.2, 0) is 11.2 Å². The molecule has 158 valence electrons. The first-order chi connectivity index (χ1) is 14.6. The highest BCUT2D eigenvalue weighted by Gasteiger charge is 2.16. The molecule has 1 aliphatic rings. The number of carbonyl (C=O) groups excluding carboxylic acids is 1. The van der Waals surface area contributed by atoms with Crippen LogP contribution in [0.2, 0.25) is 0 Å². The predicted molar refractivity (Wildman–Crippen MR) is 115 cm³/mol. The average molecular weight is 411 g/mol. The molecule has 30 heavy (non-hydrogen) atoms. The van der Waals surface area contributed by atoms with Crippen molar-refractivity contribution in [2.24, 2.45) is 0 Å². The van der Waals surface area contributed by atoms with Crippen LogP contribution in [0.5, 0.6) is 0 Å². The van der Waals surface area contributed by atoms with Gasteiger partial charge in [0.2, 0.25) is 5.91 Å². The lowest BCUT2D eigenvalue weighted by atomic mass is 10.0. The highest BCUT2D eigenvalue weighted by molar-refractivity contribution is 5.91. The van der Waals surface area contributed by atoms with Crippen molar-refractivity contribution in [3.05, 3.63) is 59.7 Å². The summed E-state index contributed by atoms with van der Waals surface area (Å²) in [6, 6.07) is 10.8. The van der Waals surface area contributed by atoms with Gasteiger partial charge in [-0.25, -0.2) is 8.78 Å². The van der Waals surface area contributed by atoms with Crippen LogP contribution in [0.25, 0.3) is 22.2 Å². The van der Waals surface area contributed by atoms with Gasteiger partial charge in [0.25, 0.3) is 0 Å². The molecule has 4 rings (SSSR count). The molecule has 1 amide bonds. The van der Waals surface area contributed by atoms with Crippen LogP contribution in [0.4, 0.5) is 8.78 Å². The maximum Gasteiger partial charge on any atom is 0.220 e. The van der Waals surface area contributed by atoms with E-state index in [2.05, 4.69) is 15.2 Å². The van der Waals surface area contributed by atoms with Gasteiger partial charge in [-0.15, -0.1) is 0 Å². The monoisotopic (exact) mass is 411 g/mol. The Morgan fingerprint density at radius 2 is 1.77 bits per heavy atom. The van der Waals surface area contributed by atoms with Gasteiger partial charge in [0.1, 0.15) is 11.6 Å². The number of aromatic nitrogens is 1. The summed E-state index contributed by atoms with van der Waals surface area (Å²) in [4.78, 5) is 18.1. The first-order valence-corrected chi connectivity index (χ1v) is 10.7. The van der Waals surface area contributed by atoms with Gasteiger partial charge in [-0.3, -0.25) is 4.79 Å². The third-order valence-electron chi connectivity index (χ3n) is 5.78. The molecule has 4 nitrogen and oxygen atoms in total. The van der Waals surface area contributed by atoms with E-state index in [9.17, 15) is 13.6 Å². The molecule has 2 aromatic carbocycles. The molecule has 1 saturated heterocycles. The average Bonchev–Trinajstić information content (AvgIpc) is 3.38. The minimum Gasteiger partial charge on any atom is -0.356 e. The molecule has 3 aromatic rings. The number of likely N-dealkylation sites (tertiary alicyclic amines) is 1. The molecule has 1 fully saturated rings. The van der Waals surface area contributed by atoms with E-state index in [1.807, 2.05) is 0 Å². The highest BCUT2D eigenvalue weighted by atomic mass is 19.1. The summed E-state index contributed by atoms with van der Waals surface area (Å²) in [6.45, 7) is 4.02. The number of aryl methyl sites for hydroxylation is 1. The molecule has 2 heterocycles. The van der Waals surface area contributed by atoms with Crippen LogP contribution >= 0.6 is 0 Å². The molecule has 0 atom stereocenters. The minimum atomic E-state index is -0.320. The second-order valence-corrected chi connectivity index (χ2v) is 7.93. The molecule has 0 radical (unpaired) electrons. The Balaban J connectivity index is 1.43. The quantitative estimate of drug-likeness (QED) is 0.530. The number of amides is 1. The molecular formula is C24H27F2N3O. The summed E-state index contributed by atoms with van der Waals surface area (Å²) in [5.41, 5.74) is 3.30. The van der Waals surface area contributed by atoms with E-state index >= 15 is 0 Å². The number of nitrogens with one attached hydrogen (secondary N) is 2. The lowest BCUT2D eigenvalue weighted by Crippen LogP contribution is -2.28. The Hall–Kier alpha value is -2.73. The Bertz CT molecular complexity index is 1010. The zero-order valence-electron chi connectivity index (χ0n) is 17.0. The summed E-state index contributed by atoms with van der Waals surface area (Å²) in [5, 5.41) is 3.76. The lowest BCUT2D eigenvalue weighted by Gasteiger charge is -2.14. The number of H-pyrrole nitrogens is 1. The van der Waals surface area contributed by atoms with E-state index in [0.29, 0.717) is 19.4 Å². The molecule has 1 aliphatic heterocycles. The summed E-state index contributed by atoms with van der Waals surface area (Å²) in [5.74, 6) is -0.636. The van der Waals surface area contributed by atoms with Crippen LogP contribution in [0.3, 0.4) is 0 Å². The van der Waals surface area contributed by atoms with E-state index in [0.717, 1.165) is 53.8 Å². The molecule has 0 bridgehead atoms. The van der Waals surface area contributed by atoms with Crippen molar-refractivity contribution in [3.63, 3.8) is 0 Å². The van der Waals surface area contributed by atoms with Crippen LogP contribution in [0.1, 0.15) is 31.2 Å². The van der Waals surface area contributed by atoms with Crippen molar-refractivity contribution in [2.45, 2.75) is 32.1 Å². The Morgan fingerprint density at radius 3 is 2.53 bits per heavy atom. The maximum absolute atomic E-state index is 13.9. The second-order valence-electron chi connectivity index (χ2n) is 7.93. The van der Waals surface area contributed by atoms with Crippen LogP contribution < -0.4 is 5.32 Å². The fourth-order valence-corrected chi connectivity index (χ4v) is 4.21. The van der Waals surface area contributed by atoms with Crippen molar-refractivity contribution in [1.82, 2.24) is 15.2 Å². The Kier molecular flexibility index (Phi) is 6.43. The fourth-order valence-electron chi connectivity index (χ4n) is 4.21. The molecule has 0 saturated carbocycles. The number of nitrogens with zero attached hydrogens (tertiary/aromatic N) is 1. The molecule has 0 spiro atoms. The van der Waals surface area contributed by atoms with E-state index in [1.54, 1.807) is 18.2 Å². The second kappa shape index (κ2) is 9.39. The number of fused-ring (bicyclic) bond motifs is 1. The van der Waals surface area contributed by atoms with Gasteiger partial charge >= 0.3 is 0 Å². The Morgan fingerprint density at radius 1 is 1.03 bits per heavy atom. The van der Waals surface area contributed by atoms with Crippen molar-refractivity contribution in [3.8, 4) is 11.3 Å². The molecular weight excluding hydrogens is 384 g/mol. The van der Waals surface area contributed by atoms with Gasteiger partial charge in [0.15, 0.2) is 0 Å². The number of benzene rings is 2. The van der Waals surface area contributed by atoms with E-state index in [4.69, 9.17) is 0 Å². The molecule has 0 unspecified atom stereocenters. The maximum atomic E-state index is 13.9. The van der Waals surface area contributed by atoms with Gasteiger partial charge in [-0.1, -0.05) is 0 Å². The topological polar surface area (TPSA) is 48.1 Å². The number of rotatable bonds is 8. The van der Waals surface area contributed by atoms with Crippen LogP contribution in [-0.4, -0.2) is 42.0 Å². The number of hydrogen-bond acceptors (Lipinski definition) is 2. The van der Waals surface area contributed by atoms with E-state index in [-0.39, 0.29) is 17.5 Å². The normalized spacial score (nSPS) is 14.5. The number of halogens is 2. The minimum absolute atomic E-state index is 0.00719. The highest BCUT2D eigenvalue weighted by Crippen LogP contribution is 2.32. The van der Waals surface area contributed by atoms with Crippen molar-refractivity contribution < 1.29 is 13.6 Å². The smallest absolute Gasteiger partial charge is 0.220 e. The first kappa shape index (κ1) is 20.5. The third kappa shape index (κ3) is 4.87. The summed E-state index contributed by atoms with van der Waals surface area (Å²) in [7, 11) is 0. The number of carbonyl (C=O) groups is 1. The largest absolute Gasteiger partial charge is 0.356 e. The number of hydrogen-bond donors (Lipinski definition) is 2. The molecule has 2 N–H and O–H groups in total. The third-order valence-corrected chi connectivity index (χ3v) is 5.78. The van der Waals surface area contributed by atoms with Gasteiger partial charge in [-0.2, -0.15) is 0 Å². The van der Waals surface area contributed by atoms with E-state index < -0.39 is 0 Å². The zero-order valence-corrected chi connectivity index (χ0v) is 17.0. The SMILES string of the molecule is O=C(CCc1c(-c2ccc(F)cc2)[nH]c2ccc(F)cc12)NCCCN1CCCC1. The summed E-state index contributed by atoms with van der Waals surface area (Å²) in [6.07, 6.45) is 4.29. The molecule has 6 heteroatoms. The molecule has 0 aliphatic carbocycles. The predicted octanol–water partition coefficient (Wildman–Crippen LogP) is 4.65. The van der Waals surface area contributed by atoms with Gasteiger partial charge in [0.05, 0.1) is 0 Å². The van der Waals surface area contributed by atoms with E-state index in [1.165, 1.54) is 37.1 Å². The lowest BCUT2D eigenvalue weighted by molar-refractivity contribution is -0.121. The zero-order chi connectivity index (χ0) is 20.9. The molecule has 1 aromatic heterocycles. The Labute approximate surface area is 175 Å². The first-order valence-electron chi connectivity index (χ1n) is 10.7.